The second-order valence-electron chi connectivity index (χ2n) is 8.29. The van der Waals surface area contributed by atoms with E-state index >= 15 is 0 Å². The van der Waals surface area contributed by atoms with Gasteiger partial charge in [-0.3, -0.25) is 4.79 Å². The first-order chi connectivity index (χ1) is 18.6. The van der Waals surface area contributed by atoms with Gasteiger partial charge in [-0.15, -0.1) is 11.3 Å². The molecule has 38 heavy (non-hydrogen) atoms. The summed E-state index contributed by atoms with van der Waals surface area (Å²) in [5, 5.41) is 10.8. The smallest absolute Gasteiger partial charge is 0.271 e. The maximum Gasteiger partial charge on any atom is 0.271 e. The summed E-state index contributed by atoms with van der Waals surface area (Å²) < 4.78 is 5.85. The highest BCUT2D eigenvalue weighted by Gasteiger charge is 2.08. The Morgan fingerprint density at radius 1 is 0.947 bits per heavy atom. The third kappa shape index (κ3) is 6.85. The first-order valence-corrected chi connectivity index (χ1v) is 13.1. The van der Waals surface area contributed by atoms with Crippen LogP contribution in [0.3, 0.4) is 0 Å². The Balaban J connectivity index is 1.15. The molecule has 1 heterocycles. The molecule has 0 aliphatic heterocycles. The van der Waals surface area contributed by atoms with Crippen LogP contribution in [-0.4, -0.2) is 17.1 Å². The number of ether oxygens (including phenoxy) is 1. The molecule has 0 atom stereocenters. The number of hydrogen-bond acceptors (Lipinski definition) is 6. The average Bonchev–Trinajstić information content (AvgIpc) is 3.42. The molecule has 8 heteroatoms. The minimum Gasteiger partial charge on any atom is -0.489 e. The summed E-state index contributed by atoms with van der Waals surface area (Å²) in [5.41, 5.74) is 7.64. The molecule has 6 nitrogen and oxygen atoms in total. The Morgan fingerprint density at radius 2 is 1.74 bits per heavy atom. The molecular formula is C30H23ClN4O2S. The third-order valence-corrected chi connectivity index (χ3v) is 6.54. The molecule has 0 aliphatic carbocycles. The number of aromatic nitrogens is 1. The summed E-state index contributed by atoms with van der Waals surface area (Å²) in [6.07, 6.45) is 1.59. The summed E-state index contributed by atoms with van der Waals surface area (Å²) in [6.45, 7) is 0.481. The molecular weight excluding hydrogens is 516 g/mol. The van der Waals surface area contributed by atoms with E-state index in [1.54, 1.807) is 18.3 Å². The van der Waals surface area contributed by atoms with Gasteiger partial charge in [-0.25, -0.2) is 10.4 Å². The monoisotopic (exact) mass is 538 g/mol. The number of halogens is 1. The summed E-state index contributed by atoms with van der Waals surface area (Å²) >= 11 is 7.45. The lowest BCUT2D eigenvalue weighted by Crippen LogP contribution is -2.17. The number of nitrogens with zero attached hydrogens (tertiary/aromatic N) is 2. The molecule has 4 aromatic carbocycles. The van der Waals surface area contributed by atoms with Crippen molar-refractivity contribution in [3.8, 4) is 17.0 Å². The molecule has 0 bridgehead atoms. The van der Waals surface area contributed by atoms with Gasteiger partial charge in [-0.2, -0.15) is 5.10 Å². The van der Waals surface area contributed by atoms with E-state index in [1.165, 1.54) is 11.3 Å². The van der Waals surface area contributed by atoms with Crippen LogP contribution in [0.5, 0.6) is 5.75 Å². The van der Waals surface area contributed by atoms with Crippen molar-refractivity contribution in [2.45, 2.75) is 6.61 Å². The number of benzene rings is 4. The fourth-order valence-corrected chi connectivity index (χ4v) is 4.43. The summed E-state index contributed by atoms with van der Waals surface area (Å²) in [7, 11) is 0. The maximum atomic E-state index is 12.6. The molecule has 1 aromatic heterocycles. The largest absolute Gasteiger partial charge is 0.489 e. The van der Waals surface area contributed by atoms with Crippen LogP contribution in [0.2, 0.25) is 5.02 Å². The first kappa shape index (κ1) is 25.2. The number of anilines is 2. The zero-order chi connectivity index (χ0) is 26.2. The van der Waals surface area contributed by atoms with E-state index < -0.39 is 0 Å². The predicted octanol–water partition coefficient (Wildman–Crippen LogP) is 7.55. The van der Waals surface area contributed by atoms with Crippen LogP contribution in [0.1, 0.15) is 21.5 Å². The van der Waals surface area contributed by atoms with E-state index in [4.69, 9.17) is 16.3 Å². The number of hydrogen-bond donors (Lipinski definition) is 2. The highest BCUT2D eigenvalue weighted by molar-refractivity contribution is 7.14. The predicted molar refractivity (Wildman–Crippen MR) is 155 cm³/mol. The Bertz CT molecular complexity index is 1540. The van der Waals surface area contributed by atoms with E-state index in [-0.39, 0.29) is 5.91 Å². The van der Waals surface area contributed by atoms with Crippen molar-refractivity contribution in [1.82, 2.24) is 10.4 Å². The van der Waals surface area contributed by atoms with Crippen LogP contribution in [0, 0.1) is 0 Å². The lowest BCUT2D eigenvalue weighted by Gasteiger charge is -2.06. The molecule has 1 amide bonds. The van der Waals surface area contributed by atoms with Gasteiger partial charge >= 0.3 is 0 Å². The van der Waals surface area contributed by atoms with Gasteiger partial charge in [-0.05, 0) is 59.7 Å². The minimum atomic E-state index is -0.298. The molecule has 5 rings (SSSR count). The zero-order valence-electron chi connectivity index (χ0n) is 20.2. The molecule has 0 radical (unpaired) electrons. The van der Waals surface area contributed by atoms with Gasteiger partial charge in [0.15, 0.2) is 5.13 Å². The normalized spacial score (nSPS) is 10.9. The zero-order valence-corrected chi connectivity index (χ0v) is 21.7. The molecule has 0 aliphatic rings. The van der Waals surface area contributed by atoms with Crippen molar-refractivity contribution in [3.05, 3.63) is 130 Å². The molecule has 0 fully saturated rings. The Morgan fingerprint density at radius 3 is 2.53 bits per heavy atom. The van der Waals surface area contributed by atoms with Gasteiger partial charge in [0.1, 0.15) is 12.4 Å². The number of carbonyl (C=O) groups excluding carboxylic acids is 1. The van der Waals surface area contributed by atoms with Crippen LogP contribution in [0.15, 0.2) is 114 Å². The molecule has 0 spiro atoms. The molecule has 2 N–H and O–H groups in total. The number of nitrogens with one attached hydrogen (secondary N) is 2. The van der Waals surface area contributed by atoms with E-state index in [9.17, 15) is 4.79 Å². The van der Waals surface area contributed by atoms with Gasteiger partial charge in [0.25, 0.3) is 5.91 Å². The van der Waals surface area contributed by atoms with Crippen LogP contribution in [0.25, 0.3) is 11.3 Å². The molecule has 0 saturated carbocycles. The standard InChI is InChI=1S/C30H23ClN4O2S/c31-25-13-15-26(16-14-25)33-30-34-28(20-38-30)23-9-11-24(12-10-23)29(36)35-32-18-22-7-4-8-27(17-22)37-19-21-5-2-1-3-6-21/h1-18,20H,19H2,(H,33,34)(H,35,36)/b32-18-. The Hall–Kier alpha value is -4.46. The topological polar surface area (TPSA) is 75.6 Å². The van der Waals surface area contributed by atoms with E-state index in [2.05, 4.69) is 20.8 Å². The second kappa shape index (κ2) is 12.2. The Labute approximate surface area is 229 Å². The highest BCUT2D eigenvalue weighted by Crippen LogP contribution is 2.28. The van der Waals surface area contributed by atoms with Crippen LogP contribution in [-0.2, 0) is 6.61 Å². The SMILES string of the molecule is O=C(N/N=C\c1cccc(OCc2ccccc2)c1)c1ccc(-c2csc(Nc3ccc(Cl)cc3)n2)cc1. The fourth-order valence-electron chi connectivity index (χ4n) is 3.57. The number of rotatable bonds is 9. The van der Waals surface area contributed by atoms with Gasteiger partial charge < -0.3 is 10.1 Å². The summed E-state index contributed by atoms with van der Waals surface area (Å²) in [6, 6.07) is 32.2. The molecule has 0 saturated heterocycles. The van der Waals surface area contributed by atoms with E-state index in [0.717, 1.165) is 39.0 Å². The molecule has 5 aromatic rings. The first-order valence-electron chi connectivity index (χ1n) is 11.8. The number of amides is 1. The second-order valence-corrected chi connectivity index (χ2v) is 9.59. The lowest BCUT2D eigenvalue weighted by atomic mass is 10.1. The summed E-state index contributed by atoms with van der Waals surface area (Å²) in [5.74, 6) is 0.431. The fraction of sp³-hybridized carbons (Fsp3) is 0.0333. The maximum absolute atomic E-state index is 12.6. The Kier molecular flexibility index (Phi) is 8.08. The van der Waals surface area contributed by atoms with Gasteiger partial charge in [0.05, 0.1) is 11.9 Å². The van der Waals surface area contributed by atoms with Gasteiger partial charge in [-0.1, -0.05) is 66.2 Å². The van der Waals surface area contributed by atoms with Crippen molar-refractivity contribution in [1.29, 1.82) is 0 Å². The summed E-state index contributed by atoms with van der Waals surface area (Å²) in [4.78, 5) is 17.2. The van der Waals surface area contributed by atoms with Crippen LogP contribution >= 0.6 is 22.9 Å². The highest BCUT2D eigenvalue weighted by atomic mass is 35.5. The number of hydrazone groups is 1. The lowest BCUT2D eigenvalue weighted by molar-refractivity contribution is 0.0955. The van der Waals surface area contributed by atoms with E-state index in [0.29, 0.717) is 17.2 Å². The van der Waals surface area contributed by atoms with Crippen molar-refractivity contribution in [3.63, 3.8) is 0 Å². The van der Waals surface area contributed by atoms with E-state index in [1.807, 2.05) is 96.4 Å². The average molecular weight is 539 g/mol. The number of thiazole rings is 1. The van der Waals surface area contributed by atoms with Crippen LogP contribution in [0.4, 0.5) is 10.8 Å². The van der Waals surface area contributed by atoms with Crippen molar-refractivity contribution in [2.24, 2.45) is 5.10 Å². The van der Waals surface area contributed by atoms with Crippen molar-refractivity contribution >= 4 is 45.9 Å². The van der Waals surface area contributed by atoms with Gasteiger partial charge in [0, 0.05) is 27.2 Å². The molecule has 0 unspecified atom stereocenters. The van der Waals surface area contributed by atoms with Crippen molar-refractivity contribution in [2.75, 3.05) is 5.32 Å². The number of carbonyl (C=O) groups is 1. The van der Waals surface area contributed by atoms with Crippen molar-refractivity contribution < 1.29 is 9.53 Å². The minimum absolute atomic E-state index is 0.298. The van der Waals surface area contributed by atoms with Gasteiger partial charge in [0.2, 0.25) is 0 Å². The third-order valence-electron chi connectivity index (χ3n) is 5.53. The van der Waals surface area contributed by atoms with Crippen LogP contribution < -0.4 is 15.5 Å². The quantitative estimate of drug-likeness (QED) is 0.150. The molecule has 188 valence electrons.